The number of aliphatic hydroxyl groups is 1. The molecule has 0 radical (unpaired) electrons. The van der Waals surface area contributed by atoms with Crippen molar-refractivity contribution in [2.45, 2.75) is 27.0 Å². The standard InChI is InChI=1S/C14H20N2O2.ClH/c1-9-10(2)16-14-8-12(4-5-13(9)14)18-7-6-15-11(3)17;/h4-5,8,11,15-17H,6-7H2,1-3H3;1H. The highest BCUT2D eigenvalue weighted by Gasteiger charge is 2.05. The number of nitrogens with one attached hydrogen (secondary N) is 2. The highest BCUT2D eigenvalue weighted by Crippen LogP contribution is 2.25. The fourth-order valence-corrected chi connectivity index (χ4v) is 1.98. The van der Waals surface area contributed by atoms with Gasteiger partial charge in [0.1, 0.15) is 18.6 Å². The third-order valence-electron chi connectivity index (χ3n) is 3.09. The lowest BCUT2D eigenvalue weighted by Gasteiger charge is -2.09. The summed E-state index contributed by atoms with van der Waals surface area (Å²) in [5, 5.41) is 13.2. The van der Waals surface area contributed by atoms with Crippen LogP contribution >= 0.6 is 12.4 Å². The van der Waals surface area contributed by atoms with Crippen molar-refractivity contribution in [3.8, 4) is 5.75 Å². The lowest BCUT2D eigenvalue weighted by molar-refractivity contribution is 0.148. The molecule has 1 unspecified atom stereocenters. The summed E-state index contributed by atoms with van der Waals surface area (Å²) in [5.74, 6) is 0.844. The Morgan fingerprint density at radius 3 is 2.79 bits per heavy atom. The number of aromatic nitrogens is 1. The lowest BCUT2D eigenvalue weighted by atomic mass is 10.1. The van der Waals surface area contributed by atoms with Gasteiger partial charge in [0.15, 0.2) is 0 Å². The number of fused-ring (bicyclic) bond motifs is 1. The van der Waals surface area contributed by atoms with Crippen LogP contribution in [0.15, 0.2) is 18.2 Å². The Hall–Kier alpha value is -1.23. The molecule has 1 atom stereocenters. The highest BCUT2D eigenvalue weighted by atomic mass is 35.5. The topological polar surface area (TPSA) is 57.3 Å². The van der Waals surface area contributed by atoms with Crippen LogP contribution in [0.25, 0.3) is 10.9 Å². The second kappa shape index (κ2) is 6.80. The quantitative estimate of drug-likeness (QED) is 0.584. The Kier molecular flexibility index (Phi) is 5.66. The Bertz CT molecular complexity index is 537. The summed E-state index contributed by atoms with van der Waals surface area (Å²) in [7, 11) is 0. The van der Waals surface area contributed by atoms with Gasteiger partial charge >= 0.3 is 0 Å². The summed E-state index contributed by atoms with van der Waals surface area (Å²) in [5.41, 5.74) is 3.58. The maximum absolute atomic E-state index is 9.05. The molecular weight excluding hydrogens is 264 g/mol. The molecule has 5 heteroatoms. The molecule has 0 saturated heterocycles. The van der Waals surface area contributed by atoms with E-state index < -0.39 is 6.23 Å². The Balaban J connectivity index is 0.00000180. The SMILES string of the molecule is Cc1[nH]c2cc(OCCNC(C)O)ccc2c1C.Cl. The molecule has 0 aliphatic carbocycles. The highest BCUT2D eigenvalue weighted by molar-refractivity contribution is 5.85. The molecule has 1 heterocycles. The molecule has 0 fully saturated rings. The van der Waals surface area contributed by atoms with E-state index in [0.29, 0.717) is 13.2 Å². The third-order valence-corrected chi connectivity index (χ3v) is 3.09. The van der Waals surface area contributed by atoms with Gasteiger partial charge in [0.05, 0.1) is 0 Å². The predicted molar refractivity (Wildman–Crippen MR) is 80.2 cm³/mol. The second-order valence-electron chi connectivity index (χ2n) is 4.56. The zero-order chi connectivity index (χ0) is 13.1. The molecule has 2 rings (SSSR count). The number of hydrogen-bond donors (Lipinski definition) is 3. The summed E-state index contributed by atoms with van der Waals surface area (Å²) in [4.78, 5) is 3.34. The number of aromatic amines is 1. The number of aryl methyl sites for hydroxylation is 2. The van der Waals surface area contributed by atoms with Crippen molar-refractivity contribution in [3.63, 3.8) is 0 Å². The summed E-state index contributed by atoms with van der Waals surface area (Å²) >= 11 is 0. The van der Waals surface area contributed by atoms with Crippen LogP contribution in [-0.2, 0) is 0 Å². The van der Waals surface area contributed by atoms with Gasteiger partial charge in [-0.2, -0.15) is 0 Å². The number of hydrogen-bond acceptors (Lipinski definition) is 3. The Morgan fingerprint density at radius 1 is 1.37 bits per heavy atom. The summed E-state index contributed by atoms with van der Waals surface area (Å²) in [6.07, 6.45) is -0.496. The minimum atomic E-state index is -0.496. The van der Waals surface area contributed by atoms with Gasteiger partial charge in [-0.15, -0.1) is 12.4 Å². The van der Waals surface area contributed by atoms with E-state index in [1.165, 1.54) is 16.6 Å². The number of H-pyrrole nitrogens is 1. The van der Waals surface area contributed by atoms with E-state index in [2.05, 4.69) is 30.2 Å². The minimum Gasteiger partial charge on any atom is -0.492 e. The summed E-state index contributed by atoms with van der Waals surface area (Å²) in [6.45, 7) is 7.04. The van der Waals surface area contributed by atoms with Crippen LogP contribution in [-0.4, -0.2) is 29.5 Å². The van der Waals surface area contributed by atoms with E-state index in [4.69, 9.17) is 9.84 Å². The van der Waals surface area contributed by atoms with Crippen molar-refractivity contribution in [3.05, 3.63) is 29.5 Å². The molecule has 106 valence electrons. The third kappa shape index (κ3) is 3.86. The molecule has 0 aliphatic rings. The van der Waals surface area contributed by atoms with Gasteiger partial charge in [0.2, 0.25) is 0 Å². The van der Waals surface area contributed by atoms with Crippen LogP contribution < -0.4 is 10.1 Å². The van der Waals surface area contributed by atoms with Gasteiger partial charge in [-0.25, -0.2) is 0 Å². The zero-order valence-corrected chi connectivity index (χ0v) is 12.3. The average Bonchev–Trinajstić information content (AvgIpc) is 2.60. The monoisotopic (exact) mass is 284 g/mol. The zero-order valence-electron chi connectivity index (χ0n) is 11.5. The fraction of sp³-hybridized carbons (Fsp3) is 0.429. The smallest absolute Gasteiger partial charge is 0.121 e. The number of halogens is 1. The molecule has 0 aliphatic heterocycles. The van der Waals surface area contributed by atoms with Crippen LogP contribution in [0.5, 0.6) is 5.75 Å². The molecule has 0 bridgehead atoms. The maximum Gasteiger partial charge on any atom is 0.121 e. The van der Waals surface area contributed by atoms with Gasteiger partial charge in [-0.3, -0.25) is 5.32 Å². The van der Waals surface area contributed by atoms with Gasteiger partial charge in [-0.1, -0.05) is 0 Å². The number of benzene rings is 1. The first kappa shape index (κ1) is 15.8. The molecule has 1 aromatic carbocycles. The Labute approximate surface area is 119 Å². The molecule has 0 saturated carbocycles. The molecule has 0 amide bonds. The van der Waals surface area contributed by atoms with Gasteiger partial charge in [-0.05, 0) is 38.5 Å². The molecule has 19 heavy (non-hydrogen) atoms. The van der Waals surface area contributed by atoms with Gasteiger partial charge in [0, 0.05) is 29.2 Å². The van der Waals surface area contributed by atoms with Gasteiger partial charge < -0.3 is 14.8 Å². The van der Waals surface area contributed by atoms with E-state index >= 15 is 0 Å². The average molecular weight is 285 g/mol. The molecule has 2 aromatic rings. The van der Waals surface area contributed by atoms with E-state index in [1.807, 2.05) is 12.1 Å². The van der Waals surface area contributed by atoms with Crippen LogP contribution in [0.1, 0.15) is 18.2 Å². The molecule has 0 spiro atoms. The van der Waals surface area contributed by atoms with Crippen LogP contribution in [0.4, 0.5) is 0 Å². The summed E-state index contributed by atoms with van der Waals surface area (Å²) in [6, 6.07) is 6.06. The Morgan fingerprint density at radius 2 is 2.11 bits per heavy atom. The minimum absolute atomic E-state index is 0. The summed E-state index contributed by atoms with van der Waals surface area (Å²) < 4.78 is 5.62. The van der Waals surface area contributed by atoms with E-state index in [9.17, 15) is 0 Å². The normalized spacial score (nSPS) is 12.2. The van der Waals surface area contributed by atoms with Crippen molar-refractivity contribution < 1.29 is 9.84 Å². The molecular formula is C14H21ClN2O2. The lowest BCUT2D eigenvalue weighted by Crippen LogP contribution is -2.29. The number of aliphatic hydroxyl groups excluding tert-OH is 1. The van der Waals surface area contributed by atoms with Crippen molar-refractivity contribution in [2.75, 3.05) is 13.2 Å². The molecule has 1 aromatic heterocycles. The first-order chi connectivity index (χ1) is 8.58. The van der Waals surface area contributed by atoms with Crippen molar-refractivity contribution in [1.82, 2.24) is 10.3 Å². The first-order valence-corrected chi connectivity index (χ1v) is 6.21. The number of rotatable bonds is 5. The van der Waals surface area contributed by atoms with Crippen molar-refractivity contribution >= 4 is 23.3 Å². The van der Waals surface area contributed by atoms with Crippen LogP contribution in [0.2, 0.25) is 0 Å². The van der Waals surface area contributed by atoms with Gasteiger partial charge in [0.25, 0.3) is 0 Å². The largest absolute Gasteiger partial charge is 0.492 e. The predicted octanol–water partition coefficient (Wildman–Crippen LogP) is 2.51. The van der Waals surface area contributed by atoms with E-state index in [-0.39, 0.29) is 12.4 Å². The fourth-order valence-electron chi connectivity index (χ4n) is 1.98. The van der Waals surface area contributed by atoms with Crippen molar-refractivity contribution in [1.29, 1.82) is 0 Å². The second-order valence-corrected chi connectivity index (χ2v) is 4.56. The van der Waals surface area contributed by atoms with E-state index in [0.717, 1.165) is 11.3 Å². The van der Waals surface area contributed by atoms with Crippen LogP contribution in [0, 0.1) is 13.8 Å². The van der Waals surface area contributed by atoms with E-state index in [1.54, 1.807) is 6.92 Å². The van der Waals surface area contributed by atoms with Crippen molar-refractivity contribution in [2.24, 2.45) is 0 Å². The molecule has 4 nitrogen and oxygen atoms in total. The maximum atomic E-state index is 9.05. The van der Waals surface area contributed by atoms with Crippen LogP contribution in [0.3, 0.4) is 0 Å². The first-order valence-electron chi connectivity index (χ1n) is 6.21. The molecule has 3 N–H and O–H groups in total. The number of ether oxygens (including phenoxy) is 1.